The Balaban J connectivity index is 2.19. The normalized spacial score (nSPS) is 13.0. The fourth-order valence-electron chi connectivity index (χ4n) is 2.93. The van der Waals surface area contributed by atoms with Crippen molar-refractivity contribution in [3.05, 3.63) is 70.0 Å². The highest BCUT2D eigenvalue weighted by Crippen LogP contribution is 2.24. The molecule has 29 heavy (non-hydrogen) atoms. The second-order valence-corrected chi connectivity index (χ2v) is 9.20. The Hall–Kier alpha value is -2.36. The van der Waals surface area contributed by atoms with Crippen molar-refractivity contribution in [2.75, 3.05) is 13.1 Å². The van der Waals surface area contributed by atoms with E-state index in [9.17, 15) is 28.0 Å². The van der Waals surface area contributed by atoms with E-state index in [1.165, 1.54) is 0 Å². The van der Waals surface area contributed by atoms with Crippen LogP contribution in [0, 0.1) is 21.8 Å². The van der Waals surface area contributed by atoms with Crippen molar-refractivity contribution in [3.8, 4) is 0 Å². The first-order valence-electron chi connectivity index (χ1n) is 9.27. The van der Waals surface area contributed by atoms with Gasteiger partial charge in [0.2, 0.25) is 15.8 Å². The van der Waals surface area contributed by atoms with Crippen molar-refractivity contribution in [2.45, 2.75) is 37.7 Å². The fraction of sp³-hybridized carbons (Fsp3) is 0.400. The predicted octanol–water partition coefficient (Wildman–Crippen LogP) is 3.37. The number of nitro groups is 1. The summed E-state index contributed by atoms with van der Waals surface area (Å²) in [5.41, 5.74) is 0.240. The number of hydrogen-bond acceptors (Lipinski definition) is 5. The monoisotopic (exact) mass is 424 g/mol. The van der Waals surface area contributed by atoms with Crippen LogP contribution in [0.5, 0.6) is 0 Å². The second-order valence-electron chi connectivity index (χ2n) is 7.26. The maximum Gasteiger partial charge on any atom is 0.304 e. The molecule has 0 heterocycles. The van der Waals surface area contributed by atoms with E-state index in [2.05, 4.69) is 0 Å². The molecule has 7 nitrogen and oxygen atoms in total. The molecule has 0 spiro atoms. The molecular weight excluding hydrogens is 399 g/mol. The molecule has 0 bridgehead atoms. The first-order chi connectivity index (χ1) is 13.6. The van der Waals surface area contributed by atoms with E-state index in [1.54, 1.807) is 0 Å². The summed E-state index contributed by atoms with van der Waals surface area (Å²) in [5, 5.41) is 21.2. The third kappa shape index (κ3) is 6.31. The standard InChI is InChI=1S/C20H25FN2O5S/c1-15(2)13-22(14-17(24)9-8-16-6-4-3-5-7-16)29(27,28)18-10-11-20(23(25)26)19(21)12-18/h3-7,10-12,15,17,24H,8-9,13-14H2,1-2H3/t17-/m1/s1. The summed E-state index contributed by atoms with van der Waals surface area (Å²) in [7, 11) is -4.13. The van der Waals surface area contributed by atoms with E-state index in [0.29, 0.717) is 18.9 Å². The van der Waals surface area contributed by atoms with E-state index in [-0.39, 0.29) is 23.9 Å². The Kier molecular flexibility index (Phi) is 7.83. The number of halogens is 1. The molecule has 0 saturated carbocycles. The molecule has 1 atom stereocenters. The maximum absolute atomic E-state index is 14.0. The van der Waals surface area contributed by atoms with Crippen molar-refractivity contribution >= 4 is 15.7 Å². The Morgan fingerprint density at radius 1 is 1.14 bits per heavy atom. The van der Waals surface area contributed by atoms with Crippen molar-refractivity contribution in [3.63, 3.8) is 0 Å². The number of aliphatic hydroxyl groups excluding tert-OH is 1. The SMILES string of the molecule is CC(C)CN(C[C@H](O)CCc1ccccc1)S(=O)(=O)c1ccc([N+](=O)[O-])c(F)c1. The lowest BCUT2D eigenvalue weighted by Crippen LogP contribution is -2.40. The molecule has 0 unspecified atom stereocenters. The number of nitro benzene ring substituents is 1. The van der Waals surface area contributed by atoms with Crippen molar-refractivity contribution < 1.29 is 22.8 Å². The first-order valence-corrected chi connectivity index (χ1v) is 10.7. The van der Waals surface area contributed by atoms with Gasteiger partial charge in [0, 0.05) is 25.2 Å². The Morgan fingerprint density at radius 3 is 2.34 bits per heavy atom. The van der Waals surface area contributed by atoms with Gasteiger partial charge in [-0.2, -0.15) is 8.70 Å². The van der Waals surface area contributed by atoms with Crippen LogP contribution in [0.4, 0.5) is 10.1 Å². The van der Waals surface area contributed by atoms with Gasteiger partial charge in [-0.1, -0.05) is 44.2 Å². The van der Waals surface area contributed by atoms with E-state index in [1.807, 2.05) is 44.2 Å². The molecule has 0 aliphatic heterocycles. The fourth-order valence-corrected chi connectivity index (χ4v) is 4.58. The van der Waals surface area contributed by atoms with Crippen molar-refractivity contribution in [2.24, 2.45) is 5.92 Å². The van der Waals surface area contributed by atoms with Crippen molar-refractivity contribution in [1.82, 2.24) is 4.31 Å². The molecule has 0 saturated heterocycles. The van der Waals surface area contributed by atoms with Crippen molar-refractivity contribution in [1.29, 1.82) is 0 Å². The molecule has 2 rings (SSSR count). The molecule has 0 fully saturated rings. The zero-order valence-electron chi connectivity index (χ0n) is 16.4. The van der Waals surface area contributed by atoms with Crippen LogP contribution in [0.2, 0.25) is 0 Å². The Labute approximate surface area is 170 Å². The molecule has 158 valence electrons. The van der Waals surface area contributed by atoms with Gasteiger partial charge in [-0.15, -0.1) is 0 Å². The molecule has 0 aliphatic carbocycles. The van der Waals surface area contributed by atoms with Gasteiger partial charge in [0.15, 0.2) is 0 Å². The highest BCUT2D eigenvalue weighted by atomic mass is 32.2. The van der Waals surface area contributed by atoms with E-state index in [0.717, 1.165) is 22.0 Å². The number of hydrogen-bond donors (Lipinski definition) is 1. The molecule has 9 heteroatoms. The Bertz CT molecular complexity index is 935. The van der Waals surface area contributed by atoms with Crippen LogP contribution in [0.1, 0.15) is 25.8 Å². The molecule has 0 aliphatic rings. The summed E-state index contributed by atoms with van der Waals surface area (Å²) in [6, 6.07) is 12.0. The van der Waals surface area contributed by atoms with Gasteiger partial charge in [0.1, 0.15) is 0 Å². The third-order valence-electron chi connectivity index (χ3n) is 4.35. The molecule has 0 amide bonds. The lowest BCUT2D eigenvalue weighted by molar-refractivity contribution is -0.387. The van der Waals surface area contributed by atoms with Gasteiger partial charge in [-0.25, -0.2) is 8.42 Å². The minimum absolute atomic E-state index is 0.0333. The minimum Gasteiger partial charge on any atom is -0.392 e. The van der Waals surface area contributed by atoms with Crippen LogP contribution in [0.15, 0.2) is 53.4 Å². The summed E-state index contributed by atoms with van der Waals surface area (Å²) >= 11 is 0. The average Bonchev–Trinajstić information content (AvgIpc) is 2.66. The number of sulfonamides is 1. The predicted molar refractivity (Wildman–Crippen MR) is 107 cm³/mol. The smallest absolute Gasteiger partial charge is 0.304 e. The number of aliphatic hydroxyl groups is 1. The molecule has 1 N–H and O–H groups in total. The van der Waals surface area contributed by atoms with Crippen LogP contribution in [-0.2, 0) is 16.4 Å². The molecular formula is C20H25FN2O5S. The number of benzene rings is 2. The van der Waals surface area contributed by atoms with Gasteiger partial charge in [-0.3, -0.25) is 10.1 Å². The highest BCUT2D eigenvalue weighted by molar-refractivity contribution is 7.89. The topological polar surface area (TPSA) is 101 Å². The molecule has 0 aromatic heterocycles. The maximum atomic E-state index is 14.0. The second kappa shape index (κ2) is 9.91. The van der Waals surface area contributed by atoms with Crippen LogP contribution >= 0.6 is 0 Å². The Morgan fingerprint density at radius 2 is 1.79 bits per heavy atom. The largest absolute Gasteiger partial charge is 0.392 e. The summed E-state index contributed by atoms with van der Waals surface area (Å²) < 4.78 is 41.0. The first kappa shape index (κ1) is 22.9. The third-order valence-corrected chi connectivity index (χ3v) is 6.17. The van der Waals surface area contributed by atoms with E-state index < -0.39 is 32.6 Å². The van der Waals surface area contributed by atoms with Gasteiger partial charge >= 0.3 is 5.69 Å². The minimum atomic E-state index is -4.13. The summed E-state index contributed by atoms with van der Waals surface area (Å²) in [6.07, 6.45) is 0.0403. The summed E-state index contributed by atoms with van der Waals surface area (Å²) in [5.74, 6) is -1.25. The number of rotatable bonds is 10. The van der Waals surface area contributed by atoms with Crippen LogP contribution < -0.4 is 0 Å². The van der Waals surface area contributed by atoms with Crippen LogP contribution in [0.3, 0.4) is 0 Å². The zero-order valence-corrected chi connectivity index (χ0v) is 17.2. The summed E-state index contributed by atoms with van der Waals surface area (Å²) in [4.78, 5) is 9.48. The van der Waals surface area contributed by atoms with Gasteiger partial charge in [0.05, 0.1) is 15.9 Å². The quantitative estimate of drug-likeness (QED) is 0.465. The highest BCUT2D eigenvalue weighted by Gasteiger charge is 2.29. The zero-order chi connectivity index (χ0) is 21.6. The average molecular weight is 424 g/mol. The lowest BCUT2D eigenvalue weighted by atomic mass is 10.1. The van der Waals surface area contributed by atoms with Gasteiger partial charge < -0.3 is 5.11 Å². The van der Waals surface area contributed by atoms with Gasteiger partial charge in [0.25, 0.3) is 0 Å². The van der Waals surface area contributed by atoms with E-state index in [4.69, 9.17) is 0 Å². The summed E-state index contributed by atoms with van der Waals surface area (Å²) in [6.45, 7) is 3.64. The lowest BCUT2D eigenvalue weighted by Gasteiger charge is -2.26. The number of aryl methyl sites for hydroxylation is 1. The van der Waals surface area contributed by atoms with Crippen LogP contribution in [0.25, 0.3) is 0 Å². The molecule has 2 aromatic carbocycles. The van der Waals surface area contributed by atoms with Crippen LogP contribution in [-0.4, -0.2) is 41.9 Å². The van der Waals surface area contributed by atoms with Gasteiger partial charge in [-0.05, 0) is 30.4 Å². The molecule has 0 radical (unpaired) electrons. The number of nitrogens with zero attached hydrogens (tertiary/aromatic N) is 2. The molecule has 2 aromatic rings. The van der Waals surface area contributed by atoms with E-state index >= 15 is 0 Å².